The summed E-state index contributed by atoms with van der Waals surface area (Å²) in [6.07, 6.45) is 0.839. The van der Waals surface area contributed by atoms with E-state index in [1.807, 2.05) is 58.0 Å². The second kappa shape index (κ2) is 15.0. The van der Waals surface area contributed by atoms with Crippen molar-refractivity contribution in [2.24, 2.45) is 0 Å². The molecule has 4 rings (SSSR count). The number of carbonyl (C=O) groups is 2. The van der Waals surface area contributed by atoms with Crippen molar-refractivity contribution in [3.63, 3.8) is 0 Å². The van der Waals surface area contributed by atoms with Crippen LogP contribution in [0.3, 0.4) is 0 Å². The number of halogens is 1. The second-order valence-corrected chi connectivity index (χ2v) is 13.1. The maximum atomic E-state index is 15.0. The Morgan fingerprint density at radius 3 is 2.16 bits per heavy atom. The molecule has 0 aliphatic heterocycles. The Hall–Kier alpha value is -4.50. The molecular weight excluding hydrogens is 589 g/mol. The van der Waals surface area contributed by atoms with Crippen LogP contribution < -0.4 is 9.62 Å². The van der Waals surface area contributed by atoms with Gasteiger partial charge >= 0.3 is 0 Å². The van der Waals surface area contributed by atoms with Crippen LogP contribution in [0.5, 0.6) is 0 Å². The van der Waals surface area contributed by atoms with Gasteiger partial charge in [-0.3, -0.25) is 13.9 Å². The molecule has 4 aromatic carbocycles. The van der Waals surface area contributed by atoms with Crippen molar-refractivity contribution >= 4 is 27.5 Å². The molecule has 7 nitrogen and oxygen atoms in total. The molecule has 1 N–H and O–H groups in total. The molecule has 0 bridgehead atoms. The third kappa shape index (κ3) is 8.36. The fourth-order valence-electron chi connectivity index (χ4n) is 4.98. The molecule has 0 unspecified atom stereocenters. The van der Waals surface area contributed by atoms with Crippen LogP contribution in [0.2, 0.25) is 0 Å². The van der Waals surface area contributed by atoms with Gasteiger partial charge in [0, 0.05) is 25.1 Å². The molecule has 0 fully saturated rings. The van der Waals surface area contributed by atoms with Gasteiger partial charge in [0.05, 0.1) is 10.6 Å². The van der Waals surface area contributed by atoms with E-state index in [9.17, 15) is 18.0 Å². The SMILES string of the molecule is CCCNC(=O)[C@@H](Cc1ccccc1)N(Cc1ccccc1F)C(=O)CN(c1ccc(C)c(C)c1)S(=O)(=O)c1ccc(C)cc1. The smallest absolute Gasteiger partial charge is 0.264 e. The molecule has 1 atom stereocenters. The van der Waals surface area contributed by atoms with E-state index in [1.54, 1.807) is 48.5 Å². The monoisotopic (exact) mass is 629 g/mol. The summed E-state index contributed by atoms with van der Waals surface area (Å²) < 4.78 is 44.4. The largest absolute Gasteiger partial charge is 0.354 e. The Kier molecular flexibility index (Phi) is 11.1. The number of sulfonamides is 1. The van der Waals surface area contributed by atoms with Crippen molar-refractivity contribution in [2.75, 3.05) is 17.4 Å². The average Bonchev–Trinajstić information content (AvgIpc) is 3.03. The molecule has 0 aromatic heterocycles. The van der Waals surface area contributed by atoms with Crippen LogP contribution in [0.25, 0.3) is 0 Å². The summed E-state index contributed by atoms with van der Waals surface area (Å²) in [6.45, 7) is 7.14. The van der Waals surface area contributed by atoms with Crippen molar-refractivity contribution < 1.29 is 22.4 Å². The van der Waals surface area contributed by atoms with Crippen molar-refractivity contribution in [1.82, 2.24) is 10.2 Å². The second-order valence-electron chi connectivity index (χ2n) is 11.2. The summed E-state index contributed by atoms with van der Waals surface area (Å²) in [7, 11) is -4.22. The first-order valence-corrected chi connectivity index (χ1v) is 16.5. The van der Waals surface area contributed by atoms with Gasteiger partial charge in [-0.2, -0.15) is 0 Å². The Morgan fingerprint density at radius 2 is 1.51 bits per heavy atom. The molecule has 0 saturated carbocycles. The van der Waals surface area contributed by atoms with Crippen LogP contribution in [0, 0.1) is 26.6 Å². The number of hydrogen-bond acceptors (Lipinski definition) is 4. The van der Waals surface area contributed by atoms with E-state index in [1.165, 1.54) is 23.1 Å². The predicted molar refractivity (Wildman–Crippen MR) is 176 cm³/mol. The normalized spacial score (nSPS) is 11.9. The van der Waals surface area contributed by atoms with E-state index < -0.39 is 40.2 Å². The zero-order valence-corrected chi connectivity index (χ0v) is 27.0. The Bertz CT molecular complexity index is 1730. The van der Waals surface area contributed by atoms with Crippen molar-refractivity contribution in [1.29, 1.82) is 0 Å². The van der Waals surface area contributed by atoms with Gasteiger partial charge in [0.25, 0.3) is 10.0 Å². The minimum Gasteiger partial charge on any atom is -0.354 e. The topological polar surface area (TPSA) is 86.8 Å². The zero-order chi connectivity index (χ0) is 32.6. The first kappa shape index (κ1) is 33.4. The third-order valence-corrected chi connectivity index (χ3v) is 9.57. The number of aryl methyl sites for hydroxylation is 3. The molecule has 0 aliphatic rings. The molecule has 0 heterocycles. The highest BCUT2D eigenvalue weighted by Gasteiger charge is 2.35. The summed E-state index contributed by atoms with van der Waals surface area (Å²) in [5.74, 6) is -1.56. The van der Waals surface area contributed by atoms with Crippen LogP contribution in [0.1, 0.15) is 41.2 Å². The van der Waals surface area contributed by atoms with Crippen molar-refractivity contribution in [3.05, 3.63) is 131 Å². The van der Waals surface area contributed by atoms with E-state index in [2.05, 4.69) is 5.32 Å². The first-order valence-electron chi connectivity index (χ1n) is 15.0. The average molecular weight is 630 g/mol. The fraction of sp³-hybridized carbons (Fsp3) is 0.278. The van der Waals surface area contributed by atoms with Gasteiger partial charge in [-0.15, -0.1) is 0 Å². The van der Waals surface area contributed by atoms with Gasteiger partial charge in [-0.1, -0.05) is 79.2 Å². The molecule has 4 aromatic rings. The van der Waals surface area contributed by atoms with Crippen molar-refractivity contribution in [2.45, 2.75) is 58.0 Å². The highest BCUT2D eigenvalue weighted by molar-refractivity contribution is 7.92. The fourth-order valence-corrected chi connectivity index (χ4v) is 6.38. The number of anilines is 1. The van der Waals surface area contributed by atoms with E-state index in [4.69, 9.17) is 0 Å². The Labute approximate surface area is 265 Å². The van der Waals surface area contributed by atoms with Crippen LogP contribution >= 0.6 is 0 Å². The van der Waals surface area contributed by atoms with Gasteiger partial charge in [-0.05, 0) is 74.2 Å². The highest BCUT2D eigenvalue weighted by atomic mass is 32.2. The van der Waals surface area contributed by atoms with E-state index >= 15 is 4.39 Å². The number of amides is 2. The summed E-state index contributed by atoms with van der Waals surface area (Å²) in [6, 6.07) is 25.9. The lowest BCUT2D eigenvalue weighted by molar-refractivity contribution is -0.140. The van der Waals surface area contributed by atoms with Gasteiger partial charge in [0.15, 0.2) is 0 Å². The first-order chi connectivity index (χ1) is 21.5. The zero-order valence-electron chi connectivity index (χ0n) is 26.2. The standard InChI is InChI=1S/C36H40FN3O4S/c1-5-21-38-36(42)34(23-29-11-7-6-8-12-29)39(24-30-13-9-10-14-33(30)37)35(41)25-40(31-18-17-27(3)28(4)22-31)45(43,44)32-19-15-26(2)16-20-32/h6-20,22,34H,5,21,23-25H2,1-4H3,(H,38,42)/t34-/m1/s1. The number of rotatable bonds is 13. The van der Waals surface area contributed by atoms with Gasteiger partial charge in [-0.25, -0.2) is 12.8 Å². The quantitative estimate of drug-likeness (QED) is 0.193. The Morgan fingerprint density at radius 1 is 0.844 bits per heavy atom. The Balaban J connectivity index is 1.82. The predicted octanol–water partition coefficient (Wildman–Crippen LogP) is 6.11. The molecule has 0 radical (unpaired) electrons. The summed E-state index contributed by atoms with van der Waals surface area (Å²) >= 11 is 0. The van der Waals surface area contributed by atoms with E-state index in [-0.39, 0.29) is 23.4 Å². The highest BCUT2D eigenvalue weighted by Crippen LogP contribution is 2.27. The van der Waals surface area contributed by atoms with Crippen molar-refractivity contribution in [3.8, 4) is 0 Å². The maximum Gasteiger partial charge on any atom is 0.264 e. The van der Waals surface area contributed by atoms with Gasteiger partial charge < -0.3 is 10.2 Å². The molecule has 9 heteroatoms. The minimum atomic E-state index is -4.22. The molecule has 0 spiro atoms. The van der Waals surface area contributed by atoms with E-state index in [0.717, 1.165) is 26.6 Å². The summed E-state index contributed by atoms with van der Waals surface area (Å²) in [5.41, 5.74) is 4.04. The molecular formula is C36H40FN3O4S. The maximum absolute atomic E-state index is 15.0. The molecule has 2 amide bonds. The number of nitrogens with zero attached hydrogens (tertiary/aromatic N) is 2. The number of benzene rings is 4. The molecule has 236 valence electrons. The lowest BCUT2D eigenvalue weighted by Gasteiger charge is -2.34. The lowest BCUT2D eigenvalue weighted by Crippen LogP contribution is -2.53. The van der Waals surface area contributed by atoms with Crippen LogP contribution in [0.4, 0.5) is 10.1 Å². The number of carbonyl (C=O) groups excluding carboxylic acids is 2. The molecule has 45 heavy (non-hydrogen) atoms. The van der Waals surface area contributed by atoms with Crippen LogP contribution in [-0.4, -0.2) is 44.3 Å². The summed E-state index contributed by atoms with van der Waals surface area (Å²) in [4.78, 5) is 29.5. The summed E-state index contributed by atoms with van der Waals surface area (Å²) in [5, 5.41) is 2.89. The number of nitrogens with one attached hydrogen (secondary N) is 1. The van der Waals surface area contributed by atoms with Gasteiger partial charge in [0.2, 0.25) is 11.8 Å². The lowest BCUT2D eigenvalue weighted by atomic mass is 10.0. The van der Waals surface area contributed by atoms with Crippen LogP contribution in [0.15, 0.2) is 102 Å². The third-order valence-electron chi connectivity index (χ3n) is 7.79. The van der Waals surface area contributed by atoms with E-state index in [0.29, 0.717) is 18.7 Å². The molecule has 0 aliphatic carbocycles. The van der Waals surface area contributed by atoms with Crippen LogP contribution in [-0.2, 0) is 32.6 Å². The minimum absolute atomic E-state index is 0.0290. The number of hydrogen-bond donors (Lipinski definition) is 1. The molecule has 0 saturated heterocycles. The van der Waals surface area contributed by atoms with Gasteiger partial charge in [0.1, 0.15) is 18.4 Å².